The van der Waals surface area contributed by atoms with Gasteiger partial charge in [-0.1, -0.05) is 17.7 Å². The van der Waals surface area contributed by atoms with Crippen LogP contribution in [0.25, 0.3) is 5.69 Å². The average Bonchev–Trinajstić information content (AvgIpc) is 3.12. The van der Waals surface area contributed by atoms with E-state index in [-0.39, 0.29) is 5.91 Å². The van der Waals surface area contributed by atoms with Gasteiger partial charge in [-0.2, -0.15) is 10.4 Å². The lowest BCUT2D eigenvalue weighted by molar-refractivity contribution is 0.0950. The van der Waals surface area contributed by atoms with Gasteiger partial charge in [0.15, 0.2) is 5.75 Å². The second-order valence-electron chi connectivity index (χ2n) is 7.32. The molecule has 0 radical (unpaired) electrons. The van der Waals surface area contributed by atoms with Gasteiger partial charge in [-0.25, -0.2) is 4.68 Å². The summed E-state index contributed by atoms with van der Waals surface area (Å²) in [7, 11) is 0. The highest BCUT2D eigenvalue weighted by Crippen LogP contribution is 2.31. The second kappa shape index (κ2) is 9.55. The van der Waals surface area contributed by atoms with E-state index in [9.17, 15) is 4.79 Å². The number of hydrogen-bond donors (Lipinski definition) is 1. The summed E-state index contributed by atoms with van der Waals surface area (Å²) >= 11 is 6.17. The van der Waals surface area contributed by atoms with Crippen LogP contribution in [-0.2, 0) is 6.54 Å². The number of benzene rings is 2. The molecule has 0 aliphatic carbocycles. The Morgan fingerprint density at radius 3 is 2.61 bits per heavy atom. The molecule has 4 rings (SSSR count). The normalized spacial score (nSPS) is 10.5. The van der Waals surface area contributed by atoms with Gasteiger partial charge in [-0.15, -0.1) is 0 Å². The molecule has 0 fully saturated rings. The minimum absolute atomic E-state index is 0.190. The van der Waals surface area contributed by atoms with Crippen molar-refractivity contribution < 1.29 is 9.53 Å². The summed E-state index contributed by atoms with van der Waals surface area (Å²) in [5.74, 6) is 1.01. The number of nitriles is 1. The van der Waals surface area contributed by atoms with E-state index >= 15 is 0 Å². The van der Waals surface area contributed by atoms with E-state index < -0.39 is 0 Å². The quantitative estimate of drug-likeness (QED) is 0.433. The van der Waals surface area contributed by atoms with Crippen molar-refractivity contribution in [1.82, 2.24) is 20.1 Å². The van der Waals surface area contributed by atoms with Crippen molar-refractivity contribution in [1.29, 1.82) is 5.26 Å². The first-order valence-electron chi connectivity index (χ1n) is 10.2. The summed E-state index contributed by atoms with van der Waals surface area (Å²) in [5, 5.41) is 16.8. The number of aromatic nitrogens is 3. The van der Waals surface area contributed by atoms with E-state index in [0.29, 0.717) is 39.9 Å². The molecule has 7 nitrogen and oxygen atoms in total. The number of nitrogens with one attached hydrogen (secondary N) is 1. The van der Waals surface area contributed by atoms with Gasteiger partial charge in [0.1, 0.15) is 17.5 Å². The van der Waals surface area contributed by atoms with Crippen molar-refractivity contribution in [2.24, 2.45) is 0 Å². The van der Waals surface area contributed by atoms with Gasteiger partial charge in [-0.05, 0) is 68.4 Å². The zero-order chi connectivity index (χ0) is 23.4. The largest absolute Gasteiger partial charge is 0.453 e. The Morgan fingerprint density at radius 2 is 1.94 bits per heavy atom. The van der Waals surface area contributed by atoms with Crippen LogP contribution in [0.3, 0.4) is 0 Å². The molecule has 0 aliphatic heterocycles. The van der Waals surface area contributed by atoms with Crippen LogP contribution in [-0.4, -0.2) is 20.7 Å². The highest BCUT2D eigenvalue weighted by atomic mass is 35.5. The van der Waals surface area contributed by atoms with Crippen LogP contribution in [0.5, 0.6) is 11.5 Å². The summed E-state index contributed by atoms with van der Waals surface area (Å²) in [6.45, 7) is 4.10. The highest BCUT2D eigenvalue weighted by Gasteiger charge is 2.16. The molecule has 1 N–H and O–H groups in total. The lowest BCUT2D eigenvalue weighted by Gasteiger charge is -2.09. The molecule has 4 aromatic rings. The molecule has 0 atom stereocenters. The van der Waals surface area contributed by atoms with E-state index in [1.54, 1.807) is 53.3 Å². The van der Waals surface area contributed by atoms with Crippen molar-refractivity contribution in [3.05, 3.63) is 100 Å². The molecule has 0 spiro atoms. The van der Waals surface area contributed by atoms with Crippen LogP contribution < -0.4 is 10.1 Å². The Kier molecular flexibility index (Phi) is 6.38. The summed E-state index contributed by atoms with van der Waals surface area (Å²) < 4.78 is 7.79. The Balaban J connectivity index is 1.48. The fraction of sp³-hybridized carbons (Fsp3) is 0.120. The Morgan fingerprint density at radius 1 is 1.15 bits per heavy atom. The summed E-state index contributed by atoms with van der Waals surface area (Å²) in [6.07, 6.45) is 1.69. The minimum atomic E-state index is -0.190. The monoisotopic (exact) mass is 457 g/mol. The summed E-state index contributed by atoms with van der Waals surface area (Å²) in [5.41, 5.74) is 3.93. The minimum Gasteiger partial charge on any atom is -0.453 e. The molecule has 164 valence electrons. The van der Waals surface area contributed by atoms with E-state index in [0.717, 1.165) is 17.1 Å². The van der Waals surface area contributed by atoms with Crippen molar-refractivity contribution in [2.45, 2.75) is 20.4 Å². The topological polar surface area (TPSA) is 92.8 Å². The zero-order valence-corrected chi connectivity index (χ0v) is 18.8. The van der Waals surface area contributed by atoms with Gasteiger partial charge in [0, 0.05) is 11.8 Å². The van der Waals surface area contributed by atoms with Gasteiger partial charge in [0.05, 0.1) is 34.2 Å². The maximum absolute atomic E-state index is 12.4. The van der Waals surface area contributed by atoms with Crippen LogP contribution in [0, 0.1) is 25.2 Å². The summed E-state index contributed by atoms with van der Waals surface area (Å²) in [4.78, 5) is 16.6. The first kappa shape index (κ1) is 22.1. The van der Waals surface area contributed by atoms with Gasteiger partial charge in [0.25, 0.3) is 5.91 Å². The van der Waals surface area contributed by atoms with Crippen LogP contribution in [0.1, 0.15) is 33.0 Å². The summed E-state index contributed by atoms with van der Waals surface area (Å²) in [6, 6.07) is 19.6. The molecule has 0 unspecified atom stereocenters. The van der Waals surface area contributed by atoms with Crippen molar-refractivity contribution in [3.8, 4) is 23.3 Å². The number of rotatable bonds is 6. The molecule has 8 heteroatoms. The second-order valence-corrected chi connectivity index (χ2v) is 7.73. The fourth-order valence-electron chi connectivity index (χ4n) is 3.32. The first-order chi connectivity index (χ1) is 16.0. The molecule has 0 bridgehead atoms. The third-order valence-electron chi connectivity index (χ3n) is 5.04. The van der Waals surface area contributed by atoms with E-state index in [2.05, 4.69) is 15.4 Å². The lowest BCUT2D eigenvalue weighted by atomic mass is 10.2. The Hall–Kier alpha value is -4.15. The molecule has 2 aromatic carbocycles. The van der Waals surface area contributed by atoms with Crippen LogP contribution in [0.4, 0.5) is 0 Å². The van der Waals surface area contributed by atoms with Gasteiger partial charge in [-0.3, -0.25) is 9.78 Å². The molecule has 0 aliphatic rings. The number of carbonyl (C=O) groups is 1. The number of halogens is 1. The number of amides is 1. The number of ether oxygens (including phenoxy) is 1. The van der Waals surface area contributed by atoms with Gasteiger partial charge >= 0.3 is 0 Å². The highest BCUT2D eigenvalue weighted by molar-refractivity contribution is 6.31. The number of nitrogens with zero attached hydrogens (tertiary/aromatic N) is 4. The van der Waals surface area contributed by atoms with E-state index in [1.807, 2.05) is 38.1 Å². The van der Waals surface area contributed by atoms with Crippen LogP contribution in [0.15, 0.2) is 66.9 Å². The van der Waals surface area contributed by atoms with Crippen molar-refractivity contribution in [2.75, 3.05) is 0 Å². The van der Waals surface area contributed by atoms with E-state index in [4.69, 9.17) is 21.6 Å². The van der Waals surface area contributed by atoms with Gasteiger partial charge in [0.2, 0.25) is 0 Å². The molecular formula is C25H20ClN5O2. The Labute approximate surface area is 196 Å². The SMILES string of the molecule is Cc1nn(-c2ccc(C#N)c(Cl)c2)c(C)c1Oc1ccc(C(=O)NCc2ccccn2)cc1. The maximum atomic E-state index is 12.4. The fourth-order valence-corrected chi connectivity index (χ4v) is 3.54. The number of carbonyl (C=O) groups excluding carboxylic acids is 1. The van der Waals surface area contributed by atoms with E-state index in [1.165, 1.54) is 0 Å². The third kappa shape index (κ3) is 4.86. The lowest BCUT2D eigenvalue weighted by Crippen LogP contribution is -2.23. The van der Waals surface area contributed by atoms with Crippen LogP contribution in [0.2, 0.25) is 5.02 Å². The average molecular weight is 458 g/mol. The van der Waals surface area contributed by atoms with Crippen molar-refractivity contribution in [3.63, 3.8) is 0 Å². The molecule has 0 saturated carbocycles. The maximum Gasteiger partial charge on any atom is 0.251 e. The predicted octanol–water partition coefficient (Wildman–Crippen LogP) is 5.13. The standard InChI is InChI=1S/C25H20ClN5O2/c1-16-24(17(2)31(30-16)21-9-6-19(14-27)23(26)13-21)33-22-10-7-18(8-11-22)25(32)29-15-20-5-3-4-12-28-20/h3-13H,15H2,1-2H3,(H,29,32). The number of aryl methyl sites for hydroxylation is 1. The van der Waals surface area contributed by atoms with Gasteiger partial charge < -0.3 is 10.1 Å². The molecule has 33 heavy (non-hydrogen) atoms. The molecule has 2 aromatic heterocycles. The van der Waals surface area contributed by atoms with Crippen molar-refractivity contribution >= 4 is 17.5 Å². The molecule has 0 saturated heterocycles. The number of hydrogen-bond acceptors (Lipinski definition) is 5. The third-order valence-corrected chi connectivity index (χ3v) is 5.35. The molecule has 2 heterocycles. The molecule has 1 amide bonds. The van der Waals surface area contributed by atoms with Crippen LogP contribution >= 0.6 is 11.6 Å². The first-order valence-corrected chi connectivity index (χ1v) is 10.6. The smallest absolute Gasteiger partial charge is 0.251 e. The number of pyridine rings is 1. The zero-order valence-electron chi connectivity index (χ0n) is 18.0. The molecular weight excluding hydrogens is 438 g/mol. The predicted molar refractivity (Wildman–Crippen MR) is 125 cm³/mol. The Bertz CT molecular complexity index is 1340.